The highest BCUT2D eigenvalue weighted by Crippen LogP contribution is 2.27. The molecule has 0 atom stereocenters. The smallest absolute Gasteiger partial charge is 0.258 e. The van der Waals surface area contributed by atoms with Crippen LogP contribution in [0, 0.1) is 5.92 Å². The van der Waals surface area contributed by atoms with Crippen molar-refractivity contribution in [3.05, 3.63) is 28.2 Å². The summed E-state index contributed by atoms with van der Waals surface area (Å²) >= 11 is 11.7. The van der Waals surface area contributed by atoms with Crippen molar-refractivity contribution >= 4 is 35.0 Å². The first kappa shape index (κ1) is 18.6. The average Bonchev–Trinajstić information content (AvgIpc) is 2.42. The summed E-state index contributed by atoms with van der Waals surface area (Å²) in [5, 5.41) is 6.22. The molecule has 0 aliphatic carbocycles. The van der Waals surface area contributed by atoms with E-state index >= 15 is 0 Å². The topological polar surface area (TPSA) is 67.4 Å². The molecule has 1 aromatic carbocycles. The van der Waals surface area contributed by atoms with Gasteiger partial charge in [0.05, 0.1) is 5.02 Å². The normalized spacial score (nSPS) is 10.4. The molecule has 2 amide bonds. The maximum atomic E-state index is 11.6. The van der Waals surface area contributed by atoms with Gasteiger partial charge < -0.3 is 15.4 Å². The maximum absolute atomic E-state index is 11.6. The number of halogens is 2. The van der Waals surface area contributed by atoms with Crippen molar-refractivity contribution in [2.24, 2.45) is 5.92 Å². The second kappa shape index (κ2) is 9.54. The second-order valence-electron chi connectivity index (χ2n) is 5.16. The SMILES string of the molecule is CC(C)CC(=O)NCCNC(=O)COc1ccc(Cl)cc1Cl. The monoisotopic (exact) mass is 346 g/mol. The molecular formula is C15H20Cl2N2O3. The molecule has 0 spiro atoms. The predicted octanol–water partition coefficient (Wildman–Crippen LogP) is 2.65. The number of benzene rings is 1. The number of hydrogen-bond donors (Lipinski definition) is 2. The van der Waals surface area contributed by atoms with E-state index in [2.05, 4.69) is 10.6 Å². The number of amides is 2. The number of hydrogen-bond acceptors (Lipinski definition) is 3. The molecule has 0 aromatic heterocycles. The zero-order valence-electron chi connectivity index (χ0n) is 12.6. The molecular weight excluding hydrogens is 327 g/mol. The molecule has 0 aliphatic rings. The second-order valence-corrected chi connectivity index (χ2v) is 6.00. The number of rotatable bonds is 8. The Morgan fingerprint density at radius 3 is 2.36 bits per heavy atom. The third-order valence-electron chi connectivity index (χ3n) is 2.62. The molecule has 0 unspecified atom stereocenters. The van der Waals surface area contributed by atoms with Crippen molar-refractivity contribution in [1.82, 2.24) is 10.6 Å². The fraction of sp³-hybridized carbons (Fsp3) is 0.467. The fourth-order valence-corrected chi connectivity index (χ4v) is 2.10. The van der Waals surface area contributed by atoms with Gasteiger partial charge in [-0.1, -0.05) is 37.0 Å². The Balaban J connectivity index is 2.20. The standard InChI is InChI=1S/C15H20Cl2N2O3/c1-10(2)7-14(20)18-5-6-19-15(21)9-22-13-4-3-11(16)8-12(13)17/h3-4,8,10H,5-7,9H2,1-2H3,(H,18,20)(H,19,21). The van der Waals surface area contributed by atoms with Crippen molar-refractivity contribution in [1.29, 1.82) is 0 Å². The predicted molar refractivity (Wildman–Crippen MR) is 87.4 cm³/mol. The molecule has 122 valence electrons. The van der Waals surface area contributed by atoms with E-state index in [4.69, 9.17) is 27.9 Å². The first-order valence-corrected chi connectivity index (χ1v) is 7.75. The number of carbonyl (C=O) groups is 2. The van der Waals surface area contributed by atoms with Gasteiger partial charge in [-0.2, -0.15) is 0 Å². The van der Waals surface area contributed by atoms with Crippen LogP contribution in [0.1, 0.15) is 20.3 Å². The summed E-state index contributed by atoms with van der Waals surface area (Å²) in [6.45, 7) is 4.53. The Morgan fingerprint density at radius 2 is 1.77 bits per heavy atom. The summed E-state index contributed by atoms with van der Waals surface area (Å²) < 4.78 is 5.29. The third kappa shape index (κ3) is 7.52. The van der Waals surface area contributed by atoms with Gasteiger partial charge in [-0.15, -0.1) is 0 Å². The molecule has 0 saturated carbocycles. The van der Waals surface area contributed by atoms with Crippen LogP contribution < -0.4 is 15.4 Å². The van der Waals surface area contributed by atoms with Crippen LogP contribution in [0.25, 0.3) is 0 Å². The van der Waals surface area contributed by atoms with Crippen molar-refractivity contribution in [2.45, 2.75) is 20.3 Å². The molecule has 0 heterocycles. The van der Waals surface area contributed by atoms with Crippen LogP contribution in [0.4, 0.5) is 0 Å². The number of ether oxygens (including phenoxy) is 1. The van der Waals surface area contributed by atoms with Crippen LogP contribution in [0.5, 0.6) is 5.75 Å². The molecule has 0 fully saturated rings. The van der Waals surface area contributed by atoms with Crippen LogP contribution in [0.15, 0.2) is 18.2 Å². The highest BCUT2D eigenvalue weighted by molar-refractivity contribution is 6.35. The maximum Gasteiger partial charge on any atom is 0.258 e. The zero-order chi connectivity index (χ0) is 16.5. The van der Waals surface area contributed by atoms with Crippen molar-refractivity contribution in [2.75, 3.05) is 19.7 Å². The summed E-state index contributed by atoms with van der Waals surface area (Å²) in [4.78, 5) is 23.0. The summed E-state index contributed by atoms with van der Waals surface area (Å²) in [6, 6.07) is 4.77. The van der Waals surface area contributed by atoms with E-state index in [0.29, 0.717) is 41.2 Å². The summed E-state index contributed by atoms with van der Waals surface area (Å²) in [6.07, 6.45) is 0.478. The molecule has 0 saturated heterocycles. The van der Waals surface area contributed by atoms with Crippen LogP contribution in [-0.2, 0) is 9.59 Å². The summed E-state index contributed by atoms with van der Waals surface area (Å²) in [7, 11) is 0. The van der Waals surface area contributed by atoms with Gasteiger partial charge in [0, 0.05) is 24.5 Å². The zero-order valence-corrected chi connectivity index (χ0v) is 14.1. The van der Waals surface area contributed by atoms with Crippen molar-refractivity contribution in [3.63, 3.8) is 0 Å². The molecule has 0 bridgehead atoms. The summed E-state index contributed by atoms with van der Waals surface area (Å²) in [5.74, 6) is 0.399. The Bertz CT molecular complexity index is 522. The van der Waals surface area contributed by atoms with Gasteiger partial charge >= 0.3 is 0 Å². The van der Waals surface area contributed by atoms with Crippen LogP contribution >= 0.6 is 23.2 Å². The van der Waals surface area contributed by atoms with Gasteiger partial charge in [0.25, 0.3) is 5.91 Å². The lowest BCUT2D eigenvalue weighted by atomic mass is 10.1. The molecule has 22 heavy (non-hydrogen) atoms. The van der Waals surface area contributed by atoms with Gasteiger partial charge in [-0.25, -0.2) is 0 Å². The molecule has 1 aromatic rings. The molecule has 2 N–H and O–H groups in total. The van der Waals surface area contributed by atoms with Crippen LogP contribution in [-0.4, -0.2) is 31.5 Å². The minimum absolute atomic E-state index is 0.0200. The lowest BCUT2D eigenvalue weighted by molar-refractivity contribution is -0.124. The lowest BCUT2D eigenvalue weighted by Gasteiger charge is -2.10. The highest BCUT2D eigenvalue weighted by Gasteiger charge is 2.07. The van der Waals surface area contributed by atoms with Crippen LogP contribution in [0.2, 0.25) is 10.0 Å². The first-order chi connectivity index (χ1) is 10.4. The Morgan fingerprint density at radius 1 is 1.14 bits per heavy atom. The quantitative estimate of drug-likeness (QED) is 0.711. The van der Waals surface area contributed by atoms with E-state index in [1.54, 1.807) is 18.2 Å². The minimum Gasteiger partial charge on any atom is -0.482 e. The van der Waals surface area contributed by atoms with Crippen LogP contribution in [0.3, 0.4) is 0 Å². The Kier molecular flexibility index (Phi) is 8.06. The highest BCUT2D eigenvalue weighted by atomic mass is 35.5. The van der Waals surface area contributed by atoms with Gasteiger partial charge in [0.15, 0.2) is 6.61 Å². The van der Waals surface area contributed by atoms with E-state index in [1.165, 1.54) is 0 Å². The third-order valence-corrected chi connectivity index (χ3v) is 3.15. The molecule has 5 nitrogen and oxygen atoms in total. The van der Waals surface area contributed by atoms with Crippen molar-refractivity contribution in [3.8, 4) is 5.75 Å². The Hall–Kier alpha value is -1.46. The molecule has 1 rings (SSSR count). The van der Waals surface area contributed by atoms with Gasteiger partial charge in [0.1, 0.15) is 5.75 Å². The first-order valence-electron chi connectivity index (χ1n) is 6.99. The van der Waals surface area contributed by atoms with Crippen molar-refractivity contribution < 1.29 is 14.3 Å². The van der Waals surface area contributed by atoms with E-state index in [-0.39, 0.29) is 18.4 Å². The number of carbonyl (C=O) groups excluding carboxylic acids is 2. The summed E-state index contributed by atoms with van der Waals surface area (Å²) in [5.41, 5.74) is 0. The van der Waals surface area contributed by atoms with E-state index in [0.717, 1.165) is 0 Å². The van der Waals surface area contributed by atoms with E-state index < -0.39 is 0 Å². The van der Waals surface area contributed by atoms with E-state index in [9.17, 15) is 9.59 Å². The molecule has 7 heteroatoms. The number of nitrogens with one attached hydrogen (secondary N) is 2. The molecule has 0 aliphatic heterocycles. The van der Waals surface area contributed by atoms with Gasteiger partial charge in [-0.3, -0.25) is 9.59 Å². The lowest BCUT2D eigenvalue weighted by Crippen LogP contribution is -2.37. The minimum atomic E-state index is -0.288. The van der Waals surface area contributed by atoms with Gasteiger partial charge in [-0.05, 0) is 24.1 Å². The average molecular weight is 347 g/mol. The largest absolute Gasteiger partial charge is 0.482 e. The van der Waals surface area contributed by atoms with E-state index in [1.807, 2.05) is 13.8 Å². The fourth-order valence-electron chi connectivity index (χ4n) is 1.63. The molecule has 0 radical (unpaired) electrons. The van der Waals surface area contributed by atoms with Gasteiger partial charge in [0.2, 0.25) is 5.91 Å². The Labute approximate surface area is 140 Å².